The molecule has 1 heterocycles. The maximum absolute atomic E-state index is 4.01. The largest absolute Gasteiger partial charge is 0.311 e. The zero-order chi connectivity index (χ0) is 14.3. The SMILES string of the molecule is CC1CCC(C)C(NC2CC(C)(C)NC(C)(C)C2)C1. The summed E-state index contributed by atoms with van der Waals surface area (Å²) in [6.45, 7) is 14.2. The van der Waals surface area contributed by atoms with Gasteiger partial charge in [0, 0.05) is 23.2 Å². The lowest BCUT2D eigenvalue weighted by Crippen LogP contribution is -2.63. The molecule has 1 aliphatic carbocycles. The number of hydrogen-bond acceptors (Lipinski definition) is 2. The van der Waals surface area contributed by atoms with Gasteiger partial charge in [0.05, 0.1) is 0 Å². The van der Waals surface area contributed by atoms with Gasteiger partial charge in [0.25, 0.3) is 0 Å². The van der Waals surface area contributed by atoms with Crippen molar-refractivity contribution in [3.63, 3.8) is 0 Å². The first kappa shape index (κ1) is 15.3. The Morgan fingerprint density at radius 2 is 1.53 bits per heavy atom. The van der Waals surface area contributed by atoms with Crippen LogP contribution in [0.3, 0.4) is 0 Å². The molecule has 0 amide bonds. The molecule has 3 unspecified atom stereocenters. The third kappa shape index (κ3) is 4.19. The van der Waals surface area contributed by atoms with E-state index in [0.717, 1.165) is 17.9 Å². The fourth-order valence-electron chi connectivity index (χ4n) is 4.51. The fraction of sp³-hybridized carbons (Fsp3) is 1.00. The Balaban J connectivity index is 1.97. The van der Waals surface area contributed by atoms with E-state index in [9.17, 15) is 0 Å². The Morgan fingerprint density at radius 1 is 0.947 bits per heavy atom. The van der Waals surface area contributed by atoms with Gasteiger partial charge in [0.15, 0.2) is 0 Å². The van der Waals surface area contributed by atoms with Crippen molar-refractivity contribution in [3.8, 4) is 0 Å². The van der Waals surface area contributed by atoms with Gasteiger partial charge >= 0.3 is 0 Å². The van der Waals surface area contributed by atoms with E-state index in [1.807, 2.05) is 0 Å². The maximum atomic E-state index is 4.01. The number of hydrogen-bond donors (Lipinski definition) is 2. The summed E-state index contributed by atoms with van der Waals surface area (Å²) in [4.78, 5) is 0. The zero-order valence-electron chi connectivity index (χ0n) is 13.8. The van der Waals surface area contributed by atoms with Gasteiger partial charge in [-0.2, -0.15) is 0 Å². The first-order valence-corrected chi connectivity index (χ1v) is 8.22. The van der Waals surface area contributed by atoms with E-state index in [-0.39, 0.29) is 11.1 Å². The van der Waals surface area contributed by atoms with Crippen molar-refractivity contribution in [1.82, 2.24) is 10.6 Å². The fourth-order valence-corrected chi connectivity index (χ4v) is 4.51. The normalized spacial score (nSPS) is 39.2. The quantitative estimate of drug-likeness (QED) is 0.796. The van der Waals surface area contributed by atoms with E-state index in [0.29, 0.717) is 6.04 Å². The molecule has 0 aromatic carbocycles. The van der Waals surface area contributed by atoms with Crippen molar-refractivity contribution in [2.24, 2.45) is 11.8 Å². The van der Waals surface area contributed by atoms with Gasteiger partial charge in [-0.05, 0) is 65.2 Å². The number of nitrogens with one attached hydrogen (secondary N) is 2. The van der Waals surface area contributed by atoms with Gasteiger partial charge in [0.2, 0.25) is 0 Å². The minimum atomic E-state index is 0.253. The van der Waals surface area contributed by atoms with E-state index in [1.165, 1.54) is 32.1 Å². The second-order valence-electron chi connectivity index (χ2n) is 8.67. The highest BCUT2D eigenvalue weighted by molar-refractivity contribution is 5.00. The molecule has 0 aromatic heterocycles. The monoisotopic (exact) mass is 266 g/mol. The molecule has 0 bridgehead atoms. The molecule has 19 heavy (non-hydrogen) atoms. The summed E-state index contributed by atoms with van der Waals surface area (Å²) < 4.78 is 0. The second kappa shape index (κ2) is 5.37. The zero-order valence-corrected chi connectivity index (χ0v) is 13.8. The van der Waals surface area contributed by atoms with Crippen molar-refractivity contribution < 1.29 is 0 Å². The van der Waals surface area contributed by atoms with Gasteiger partial charge in [0.1, 0.15) is 0 Å². The van der Waals surface area contributed by atoms with E-state index >= 15 is 0 Å². The van der Waals surface area contributed by atoms with Crippen LogP contribution in [-0.2, 0) is 0 Å². The van der Waals surface area contributed by atoms with Gasteiger partial charge in [-0.15, -0.1) is 0 Å². The summed E-state index contributed by atoms with van der Waals surface area (Å²) in [5.74, 6) is 1.74. The second-order valence-corrected chi connectivity index (χ2v) is 8.67. The van der Waals surface area contributed by atoms with Crippen molar-refractivity contribution >= 4 is 0 Å². The molecule has 3 atom stereocenters. The molecule has 2 nitrogen and oxygen atoms in total. The van der Waals surface area contributed by atoms with E-state index in [4.69, 9.17) is 0 Å². The molecule has 2 heteroatoms. The van der Waals surface area contributed by atoms with Crippen LogP contribution in [0.25, 0.3) is 0 Å². The topological polar surface area (TPSA) is 24.1 Å². The number of rotatable bonds is 2. The highest BCUT2D eigenvalue weighted by Gasteiger charge is 2.39. The van der Waals surface area contributed by atoms with Gasteiger partial charge < -0.3 is 10.6 Å². The molecular formula is C17H34N2. The van der Waals surface area contributed by atoms with Crippen LogP contribution < -0.4 is 10.6 Å². The van der Waals surface area contributed by atoms with Crippen molar-refractivity contribution in [2.75, 3.05) is 0 Å². The highest BCUT2D eigenvalue weighted by Crippen LogP contribution is 2.32. The molecule has 2 rings (SSSR count). The summed E-state index contributed by atoms with van der Waals surface area (Å²) in [6.07, 6.45) is 6.67. The molecule has 112 valence electrons. The molecule has 1 saturated heterocycles. The standard InChI is InChI=1S/C17H34N2/c1-12-7-8-13(2)15(9-12)18-14-10-16(3,4)19-17(5,6)11-14/h12-15,18-19H,7-11H2,1-6H3. The molecule has 0 radical (unpaired) electrons. The van der Waals surface area contributed by atoms with Gasteiger partial charge in [-0.3, -0.25) is 0 Å². The van der Waals surface area contributed by atoms with Crippen LogP contribution >= 0.6 is 0 Å². The lowest BCUT2D eigenvalue weighted by molar-refractivity contribution is 0.119. The Bertz CT molecular complexity index is 292. The molecule has 1 aliphatic heterocycles. The molecule has 2 N–H and O–H groups in total. The lowest BCUT2D eigenvalue weighted by atomic mass is 9.76. The van der Waals surface area contributed by atoms with Gasteiger partial charge in [-0.1, -0.05) is 20.3 Å². The lowest BCUT2D eigenvalue weighted by Gasteiger charge is -2.48. The van der Waals surface area contributed by atoms with Crippen molar-refractivity contribution in [3.05, 3.63) is 0 Å². The van der Waals surface area contributed by atoms with Gasteiger partial charge in [-0.25, -0.2) is 0 Å². The third-order valence-corrected chi connectivity index (χ3v) is 5.10. The Labute approximate surface area is 120 Å². The minimum Gasteiger partial charge on any atom is -0.311 e. The van der Waals surface area contributed by atoms with E-state index in [2.05, 4.69) is 52.2 Å². The Kier molecular flexibility index (Phi) is 4.32. The Morgan fingerprint density at radius 3 is 2.11 bits per heavy atom. The van der Waals surface area contributed by atoms with Crippen LogP contribution in [0.5, 0.6) is 0 Å². The first-order chi connectivity index (χ1) is 8.67. The average Bonchev–Trinajstić information content (AvgIpc) is 2.18. The van der Waals surface area contributed by atoms with Crippen LogP contribution in [0, 0.1) is 11.8 Å². The van der Waals surface area contributed by atoms with Crippen LogP contribution in [-0.4, -0.2) is 23.2 Å². The van der Waals surface area contributed by atoms with E-state index < -0.39 is 0 Å². The predicted octanol–water partition coefficient (Wildman–Crippen LogP) is 3.71. The summed E-state index contributed by atoms with van der Waals surface area (Å²) in [5.41, 5.74) is 0.506. The van der Waals surface area contributed by atoms with Crippen LogP contribution in [0.2, 0.25) is 0 Å². The van der Waals surface area contributed by atoms with Crippen LogP contribution in [0.4, 0.5) is 0 Å². The highest BCUT2D eigenvalue weighted by atomic mass is 15.1. The van der Waals surface area contributed by atoms with Crippen LogP contribution in [0.1, 0.15) is 73.6 Å². The number of piperidine rings is 1. The molecule has 1 saturated carbocycles. The Hall–Kier alpha value is -0.0800. The molecule has 2 fully saturated rings. The van der Waals surface area contributed by atoms with E-state index in [1.54, 1.807) is 0 Å². The summed E-state index contributed by atoms with van der Waals surface area (Å²) in [5, 5.41) is 7.79. The molecular weight excluding hydrogens is 232 g/mol. The smallest absolute Gasteiger partial charge is 0.0144 e. The molecule has 2 aliphatic rings. The summed E-state index contributed by atoms with van der Waals surface area (Å²) in [7, 11) is 0. The first-order valence-electron chi connectivity index (χ1n) is 8.22. The maximum Gasteiger partial charge on any atom is 0.0144 e. The van der Waals surface area contributed by atoms with Crippen molar-refractivity contribution in [1.29, 1.82) is 0 Å². The molecule has 0 spiro atoms. The summed E-state index contributed by atoms with van der Waals surface area (Å²) in [6, 6.07) is 1.41. The summed E-state index contributed by atoms with van der Waals surface area (Å²) >= 11 is 0. The van der Waals surface area contributed by atoms with Crippen LogP contribution in [0.15, 0.2) is 0 Å². The predicted molar refractivity (Wildman–Crippen MR) is 83.4 cm³/mol. The minimum absolute atomic E-state index is 0.253. The third-order valence-electron chi connectivity index (χ3n) is 5.10. The molecule has 0 aromatic rings. The average molecular weight is 266 g/mol. The van der Waals surface area contributed by atoms with Crippen molar-refractivity contribution in [2.45, 2.75) is 96.8 Å².